The number of rotatable bonds is 5. The number of hydrogen-bond donors (Lipinski definition) is 0. The Morgan fingerprint density at radius 1 is 1.21 bits per heavy atom. The Kier molecular flexibility index (Phi) is 4.16. The smallest absolute Gasteiger partial charge is 0.250 e. The van der Waals surface area contributed by atoms with Gasteiger partial charge in [-0.3, -0.25) is 9.88 Å². The van der Waals surface area contributed by atoms with Crippen LogP contribution >= 0.6 is 0 Å². The van der Waals surface area contributed by atoms with Crippen LogP contribution in [0.3, 0.4) is 0 Å². The lowest BCUT2D eigenvalue weighted by molar-refractivity contribution is -0.141. The van der Waals surface area contributed by atoms with E-state index in [1.165, 1.54) is 12.3 Å². The molecule has 24 heavy (non-hydrogen) atoms. The molecule has 0 saturated carbocycles. The predicted octanol–water partition coefficient (Wildman–Crippen LogP) is 2.29. The molecule has 0 N–H and O–H groups in total. The van der Waals surface area contributed by atoms with Gasteiger partial charge in [-0.15, -0.1) is 0 Å². The summed E-state index contributed by atoms with van der Waals surface area (Å²) in [7, 11) is 0. The summed E-state index contributed by atoms with van der Waals surface area (Å²) in [5, 5.41) is 0. The van der Waals surface area contributed by atoms with Crippen molar-refractivity contribution in [3.8, 4) is 5.88 Å². The van der Waals surface area contributed by atoms with Gasteiger partial charge in [0.2, 0.25) is 5.88 Å². The zero-order valence-corrected chi connectivity index (χ0v) is 13.4. The molecule has 1 atom stereocenters. The van der Waals surface area contributed by atoms with Crippen molar-refractivity contribution in [1.29, 1.82) is 0 Å². The monoisotopic (exact) mass is 329 g/mol. The molecular formula is C18H20FN3O2. The van der Waals surface area contributed by atoms with Crippen molar-refractivity contribution in [3.63, 3.8) is 0 Å². The molecule has 1 spiro atoms. The van der Waals surface area contributed by atoms with Gasteiger partial charge in [-0.05, 0) is 30.7 Å². The molecule has 2 saturated heterocycles. The van der Waals surface area contributed by atoms with Gasteiger partial charge in [0.1, 0.15) is 0 Å². The van der Waals surface area contributed by atoms with Crippen molar-refractivity contribution in [2.45, 2.75) is 18.6 Å². The third kappa shape index (κ3) is 2.99. The quantitative estimate of drug-likeness (QED) is 0.842. The van der Waals surface area contributed by atoms with Gasteiger partial charge in [0.05, 0.1) is 17.9 Å². The molecule has 0 radical (unpaired) electrons. The Morgan fingerprint density at radius 2 is 2.08 bits per heavy atom. The molecule has 0 unspecified atom stereocenters. The van der Waals surface area contributed by atoms with Crippen LogP contribution in [0.4, 0.5) is 4.39 Å². The Hall–Kier alpha value is -2.05. The largest absolute Gasteiger partial charge is 0.475 e. The van der Waals surface area contributed by atoms with Crippen molar-refractivity contribution < 1.29 is 13.9 Å². The summed E-state index contributed by atoms with van der Waals surface area (Å²) in [4.78, 5) is 10.6. The Morgan fingerprint density at radius 3 is 2.88 bits per heavy atom. The number of aromatic nitrogens is 2. The number of hydrogen-bond acceptors (Lipinski definition) is 5. The normalized spacial score (nSPS) is 22.5. The van der Waals surface area contributed by atoms with Crippen molar-refractivity contribution >= 4 is 0 Å². The lowest BCUT2D eigenvalue weighted by Crippen LogP contribution is -2.64. The van der Waals surface area contributed by atoms with Gasteiger partial charge in [0, 0.05) is 44.6 Å². The maximum Gasteiger partial charge on any atom is 0.250 e. The Bertz CT molecular complexity index is 692. The molecule has 2 fully saturated rings. The van der Waals surface area contributed by atoms with Crippen LogP contribution < -0.4 is 4.74 Å². The zero-order chi connectivity index (χ0) is 16.4. The fraction of sp³-hybridized carbons (Fsp3) is 0.444. The van der Waals surface area contributed by atoms with Gasteiger partial charge in [-0.1, -0.05) is 6.07 Å². The minimum atomic E-state index is -0.421. The molecule has 2 aromatic rings. The summed E-state index contributed by atoms with van der Waals surface area (Å²) in [6, 6.07) is 8.88. The van der Waals surface area contributed by atoms with Crippen LogP contribution in [0.25, 0.3) is 0 Å². The molecule has 0 aromatic carbocycles. The molecule has 4 heterocycles. The number of halogens is 1. The van der Waals surface area contributed by atoms with Crippen LogP contribution in [-0.2, 0) is 11.3 Å². The van der Waals surface area contributed by atoms with Gasteiger partial charge < -0.3 is 9.47 Å². The van der Waals surface area contributed by atoms with E-state index in [1.807, 2.05) is 24.4 Å². The fourth-order valence-corrected chi connectivity index (χ4v) is 3.57. The van der Waals surface area contributed by atoms with Crippen LogP contribution in [0.15, 0.2) is 42.7 Å². The average molecular weight is 329 g/mol. The molecule has 6 heteroatoms. The third-order valence-electron chi connectivity index (χ3n) is 4.84. The Labute approximate surface area is 140 Å². The molecule has 4 rings (SSSR count). The highest BCUT2D eigenvalue weighted by atomic mass is 19.1. The average Bonchev–Trinajstić information content (AvgIpc) is 2.99. The van der Waals surface area contributed by atoms with Crippen molar-refractivity contribution in [2.75, 3.05) is 26.3 Å². The van der Waals surface area contributed by atoms with E-state index in [4.69, 9.17) is 9.47 Å². The summed E-state index contributed by atoms with van der Waals surface area (Å²) in [5.41, 5.74) is 0.897. The Balaban J connectivity index is 1.34. The third-order valence-corrected chi connectivity index (χ3v) is 4.84. The number of likely N-dealkylation sites (tertiary alicyclic amines) is 1. The lowest BCUT2D eigenvalue weighted by atomic mass is 9.81. The van der Waals surface area contributed by atoms with Crippen LogP contribution in [0.5, 0.6) is 5.88 Å². The molecule has 0 amide bonds. The van der Waals surface area contributed by atoms with E-state index in [2.05, 4.69) is 14.9 Å². The first-order chi connectivity index (χ1) is 11.8. The first-order valence-corrected chi connectivity index (χ1v) is 8.25. The SMILES string of the molecule is Fc1cccnc1OC[C@H]1CCOC12CN(Cc1ccccn1)C2. The summed E-state index contributed by atoms with van der Waals surface area (Å²) in [5.74, 6) is -0.0843. The van der Waals surface area contributed by atoms with Crippen LogP contribution in [0, 0.1) is 11.7 Å². The summed E-state index contributed by atoms with van der Waals surface area (Å²) in [6.07, 6.45) is 4.29. The highest BCUT2D eigenvalue weighted by Gasteiger charge is 2.53. The summed E-state index contributed by atoms with van der Waals surface area (Å²) in [6.45, 7) is 3.72. The maximum atomic E-state index is 13.6. The zero-order valence-electron chi connectivity index (χ0n) is 13.4. The molecule has 0 aliphatic carbocycles. The first kappa shape index (κ1) is 15.5. The van der Waals surface area contributed by atoms with E-state index in [9.17, 15) is 4.39 Å². The molecule has 2 aliphatic rings. The van der Waals surface area contributed by atoms with Gasteiger partial charge in [0.15, 0.2) is 5.82 Å². The van der Waals surface area contributed by atoms with Crippen molar-refractivity contribution in [1.82, 2.24) is 14.9 Å². The highest BCUT2D eigenvalue weighted by Crippen LogP contribution is 2.40. The van der Waals surface area contributed by atoms with E-state index in [0.29, 0.717) is 6.61 Å². The maximum absolute atomic E-state index is 13.6. The topological polar surface area (TPSA) is 47.5 Å². The second-order valence-electron chi connectivity index (χ2n) is 6.47. The number of ether oxygens (including phenoxy) is 2. The number of pyridine rings is 2. The molecule has 0 bridgehead atoms. The second kappa shape index (κ2) is 6.45. The second-order valence-corrected chi connectivity index (χ2v) is 6.47. The fourth-order valence-electron chi connectivity index (χ4n) is 3.57. The minimum Gasteiger partial charge on any atom is -0.475 e. The molecule has 5 nitrogen and oxygen atoms in total. The van der Waals surface area contributed by atoms with Gasteiger partial charge in [-0.25, -0.2) is 9.37 Å². The van der Waals surface area contributed by atoms with Gasteiger partial charge >= 0.3 is 0 Å². The van der Waals surface area contributed by atoms with E-state index in [-0.39, 0.29) is 17.4 Å². The standard InChI is InChI=1S/C18H20FN3O2/c19-16-5-3-8-21-17(16)23-11-14-6-9-24-18(14)12-22(13-18)10-15-4-1-2-7-20-15/h1-5,7-8,14H,6,9-13H2/t14-/m1/s1. The molecular weight excluding hydrogens is 309 g/mol. The van der Waals surface area contributed by atoms with E-state index in [1.54, 1.807) is 6.07 Å². The van der Waals surface area contributed by atoms with E-state index in [0.717, 1.165) is 38.4 Å². The first-order valence-electron chi connectivity index (χ1n) is 8.25. The van der Waals surface area contributed by atoms with E-state index < -0.39 is 5.82 Å². The predicted molar refractivity (Wildman–Crippen MR) is 86.0 cm³/mol. The summed E-state index contributed by atoms with van der Waals surface area (Å²) < 4.78 is 25.3. The van der Waals surface area contributed by atoms with Gasteiger partial charge in [0.25, 0.3) is 0 Å². The molecule has 2 aromatic heterocycles. The highest BCUT2D eigenvalue weighted by molar-refractivity contribution is 5.14. The van der Waals surface area contributed by atoms with Crippen molar-refractivity contribution in [3.05, 3.63) is 54.2 Å². The van der Waals surface area contributed by atoms with Crippen LogP contribution in [-0.4, -0.2) is 46.8 Å². The van der Waals surface area contributed by atoms with Crippen molar-refractivity contribution in [2.24, 2.45) is 5.92 Å². The molecule has 126 valence electrons. The minimum absolute atomic E-state index is 0.0733. The number of nitrogens with zero attached hydrogens (tertiary/aromatic N) is 3. The van der Waals surface area contributed by atoms with E-state index >= 15 is 0 Å². The molecule has 2 aliphatic heterocycles. The van der Waals surface area contributed by atoms with Crippen LogP contribution in [0.2, 0.25) is 0 Å². The lowest BCUT2D eigenvalue weighted by Gasteiger charge is -2.50. The van der Waals surface area contributed by atoms with Crippen LogP contribution in [0.1, 0.15) is 12.1 Å². The van der Waals surface area contributed by atoms with Gasteiger partial charge in [-0.2, -0.15) is 0 Å². The summed E-state index contributed by atoms with van der Waals surface area (Å²) >= 11 is 0.